The maximum Gasteiger partial charge on any atom is 0.267 e. The number of carbonyl (C=O) groups is 2. The molecule has 0 radical (unpaired) electrons. The first-order chi connectivity index (χ1) is 10.9. The molecular formula is C18H24N2O3. The second-order valence-electron chi connectivity index (χ2n) is 5.50. The fraction of sp³-hybridized carbons (Fsp3) is 0.333. The molecule has 0 aromatic heterocycles. The summed E-state index contributed by atoms with van der Waals surface area (Å²) in [6, 6.07) is 7.47. The summed E-state index contributed by atoms with van der Waals surface area (Å²) in [6.45, 7) is 3.77. The Labute approximate surface area is 137 Å². The Morgan fingerprint density at radius 3 is 2.30 bits per heavy atom. The first-order valence-electron chi connectivity index (χ1n) is 7.53. The molecule has 5 nitrogen and oxygen atoms in total. The molecule has 0 aliphatic carbocycles. The molecule has 1 amide bonds. The van der Waals surface area contributed by atoms with Crippen LogP contribution in [0.1, 0.15) is 30.6 Å². The van der Waals surface area contributed by atoms with Gasteiger partial charge in [-0.1, -0.05) is 31.6 Å². The van der Waals surface area contributed by atoms with Crippen LogP contribution in [0.4, 0.5) is 5.69 Å². The van der Waals surface area contributed by atoms with E-state index < -0.39 is 5.91 Å². The van der Waals surface area contributed by atoms with Crippen molar-refractivity contribution in [1.82, 2.24) is 5.48 Å². The fourth-order valence-corrected chi connectivity index (χ4v) is 2.09. The second kappa shape index (κ2) is 8.90. The van der Waals surface area contributed by atoms with E-state index in [0.717, 1.165) is 11.3 Å². The predicted octanol–water partition coefficient (Wildman–Crippen LogP) is 2.97. The standard InChI is InChI=1S/C18H24N2O3/c1-5-14(6-11-17(21)19-23)12-13(2)18(22)15-7-9-16(10-8-15)20(3)4/h6-13,23H,5H2,1-4H3,(H,19,21)/t13-/m1/s1. The minimum absolute atomic E-state index is 0.0289. The van der Waals surface area contributed by atoms with E-state index in [-0.39, 0.29) is 11.7 Å². The van der Waals surface area contributed by atoms with E-state index >= 15 is 0 Å². The van der Waals surface area contributed by atoms with Crippen LogP contribution in [0.15, 0.2) is 48.1 Å². The molecule has 23 heavy (non-hydrogen) atoms. The summed E-state index contributed by atoms with van der Waals surface area (Å²) in [5.74, 6) is -0.860. The van der Waals surface area contributed by atoms with Crippen LogP contribution in [-0.4, -0.2) is 31.0 Å². The number of anilines is 1. The van der Waals surface area contributed by atoms with Crippen LogP contribution in [0.3, 0.4) is 0 Å². The Morgan fingerprint density at radius 2 is 1.83 bits per heavy atom. The van der Waals surface area contributed by atoms with Gasteiger partial charge in [0.05, 0.1) is 0 Å². The zero-order chi connectivity index (χ0) is 17.4. The van der Waals surface area contributed by atoms with Crippen LogP contribution in [0, 0.1) is 5.92 Å². The molecule has 1 aromatic carbocycles. The highest BCUT2D eigenvalue weighted by atomic mass is 16.5. The minimum Gasteiger partial charge on any atom is -0.378 e. The first kappa shape index (κ1) is 18.6. The Bertz CT molecular complexity index is 601. The van der Waals surface area contributed by atoms with Gasteiger partial charge in [-0.3, -0.25) is 14.8 Å². The van der Waals surface area contributed by atoms with Gasteiger partial charge in [-0.05, 0) is 30.7 Å². The lowest BCUT2D eigenvalue weighted by atomic mass is 9.96. The number of rotatable bonds is 7. The number of nitrogens with zero attached hydrogens (tertiary/aromatic N) is 1. The number of allylic oxidation sites excluding steroid dienone is 3. The van der Waals surface area contributed by atoms with Crippen LogP contribution < -0.4 is 10.4 Å². The van der Waals surface area contributed by atoms with Gasteiger partial charge in [0.15, 0.2) is 5.78 Å². The van der Waals surface area contributed by atoms with E-state index in [2.05, 4.69) is 0 Å². The lowest BCUT2D eigenvalue weighted by Gasteiger charge is -2.13. The number of ketones is 1. The van der Waals surface area contributed by atoms with Crippen LogP contribution >= 0.6 is 0 Å². The van der Waals surface area contributed by atoms with Gasteiger partial charge in [0, 0.05) is 37.3 Å². The Balaban J connectivity index is 2.87. The van der Waals surface area contributed by atoms with E-state index in [1.54, 1.807) is 6.08 Å². The van der Waals surface area contributed by atoms with Crippen LogP contribution in [0.2, 0.25) is 0 Å². The summed E-state index contributed by atoms with van der Waals surface area (Å²) in [5.41, 5.74) is 4.10. The summed E-state index contributed by atoms with van der Waals surface area (Å²) in [5, 5.41) is 8.47. The molecule has 0 aliphatic rings. The van der Waals surface area contributed by atoms with Crippen molar-refractivity contribution in [3.8, 4) is 0 Å². The molecule has 1 rings (SSSR count). The van der Waals surface area contributed by atoms with Gasteiger partial charge in [-0.25, -0.2) is 5.48 Å². The smallest absolute Gasteiger partial charge is 0.267 e. The van der Waals surface area contributed by atoms with E-state index in [0.29, 0.717) is 12.0 Å². The van der Waals surface area contributed by atoms with E-state index in [1.807, 2.05) is 63.2 Å². The van der Waals surface area contributed by atoms with Gasteiger partial charge in [-0.2, -0.15) is 0 Å². The summed E-state index contributed by atoms with van der Waals surface area (Å²) in [7, 11) is 3.90. The van der Waals surface area contributed by atoms with E-state index in [1.165, 1.54) is 11.6 Å². The van der Waals surface area contributed by atoms with Crippen molar-refractivity contribution in [2.45, 2.75) is 20.3 Å². The van der Waals surface area contributed by atoms with Gasteiger partial charge < -0.3 is 4.90 Å². The van der Waals surface area contributed by atoms with Gasteiger partial charge in [0.1, 0.15) is 0 Å². The summed E-state index contributed by atoms with van der Waals surface area (Å²) < 4.78 is 0. The fourth-order valence-electron chi connectivity index (χ4n) is 2.09. The molecule has 2 N–H and O–H groups in total. The maximum atomic E-state index is 12.5. The molecule has 0 fully saturated rings. The average Bonchev–Trinajstić information content (AvgIpc) is 2.57. The zero-order valence-electron chi connectivity index (χ0n) is 14.0. The first-order valence-corrected chi connectivity index (χ1v) is 7.53. The van der Waals surface area contributed by atoms with Crippen molar-refractivity contribution in [3.05, 3.63) is 53.6 Å². The molecule has 1 atom stereocenters. The molecule has 1 aromatic rings. The predicted molar refractivity (Wildman–Crippen MR) is 91.7 cm³/mol. The molecule has 5 heteroatoms. The van der Waals surface area contributed by atoms with Gasteiger partial charge >= 0.3 is 0 Å². The lowest BCUT2D eigenvalue weighted by Crippen LogP contribution is -2.15. The average molecular weight is 316 g/mol. The second-order valence-corrected chi connectivity index (χ2v) is 5.50. The van der Waals surface area contributed by atoms with Gasteiger partial charge in [0.2, 0.25) is 0 Å². The van der Waals surface area contributed by atoms with E-state index in [4.69, 9.17) is 5.21 Å². The number of nitrogens with one attached hydrogen (secondary N) is 1. The minimum atomic E-state index is -0.595. The SMILES string of the molecule is CCC(C=CC(=O)NO)=C[C@@H](C)C(=O)c1ccc(N(C)C)cc1. The van der Waals surface area contributed by atoms with Crippen molar-refractivity contribution in [1.29, 1.82) is 0 Å². The van der Waals surface area contributed by atoms with Crippen molar-refractivity contribution < 1.29 is 14.8 Å². The quantitative estimate of drug-likeness (QED) is 0.267. The Kier molecular flexibility index (Phi) is 7.22. The summed E-state index contributed by atoms with van der Waals surface area (Å²) in [4.78, 5) is 25.5. The molecule has 124 valence electrons. The number of hydrogen-bond acceptors (Lipinski definition) is 4. The Morgan fingerprint density at radius 1 is 1.22 bits per heavy atom. The molecule has 0 saturated heterocycles. The Hall–Kier alpha value is -2.40. The zero-order valence-corrected chi connectivity index (χ0v) is 14.0. The number of hydrogen-bond donors (Lipinski definition) is 2. The van der Waals surface area contributed by atoms with Crippen LogP contribution in [0.25, 0.3) is 0 Å². The normalized spacial score (nSPS) is 13.0. The summed E-state index contributed by atoms with van der Waals surface area (Å²) >= 11 is 0. The third-order valence-electron chi connectivity index (χ3n) is 3.51. The summed E-state index contributed by atoms with van der Waals surface area (Å²) in [6.07, 6.45) is 5.36. The van der Waals surface area contributed by atoms with Crippen molar-refractivity contribution in [2.24, 2.45) is 5.92 Å². The van der Waals surface area contributed by atoms with Crippen molar-refractivity contribution in [3.63, 3.8) is 0 Å². The molecule has 0 bridgehead atoms. The topological polar surface area (TPSA) is 69.6 Å². The number of Topliss-reactive ketones (excluding diaryl/α,β-unsaturated/α-hetero) is 1. The largest absolute Gasteiger partial charge is 0.378 e. The van der Waals surface area contributed by atoms with Crippen LogP contribution in [0.5, 0.6) is 0 Å². The van der Waals surface area contributed by atoms with Crippen molar-refractivity contribution >= 4 is 17.4 Å². The van der Waals surface area contributed by atoms with Gasteiger partial charge in [-0.15, -0.1) is 0 Å². The van der Waals surface area contributed by atoms with Gasteiger partial charge in [0.25, 0.3) is 5.91 Å². The molecule has 0 spiro atoms. The van der Waals surface area contributed by atoms with Crippen molar-refractivity contribution in [2.75, 3.05) is 19.0 Å². The number of amides is 1. The third-order valence-corrected chi connectivity index (χ3v) is 3.51. The highest BCUT2D eigenvalue weighted by Gasteiger charge is 2.13. The molecule has 0 unspecified atom stereocenters. The monoisotopic (exact) mass is 316 g/mol. The molecule has 0 saturated carbocycles. The maximum absolute atomic E-state index is 12.5. The highest BCUT2D eigenvalue weighted by Crippen LogP contribution is 2.17. The number of benzene rings is 1. The number of hydroxylamine groups is 1. The van der Waals surface area contributed by atoms with E-state index in [9.17, 15) is 9.59 Å². The third kappa shape index (κ3) is 5.71. The molecule has 0 aliphatic heterocycles. The molecule has 0 heterocycles. The number of carbonyl (C=O) groups excluding carboxylic acids is 2. The van der Waals surface area contributed by atoms with Crippen LogP contribution in [-0.2, 0) is 4.79 Å². The lowest BCUT2D eigenvalue weighted by molar-refractivity contribution is -0.124. The molecular weight excluding hydrogens is 292 g/mol. The highest BCUT2D eigenvalue weighted by molar-refractivity contribution is 5.99.